The zero-order chi connectivity index (χ0) is 24.5. The van der Waals surface area contributed by atoms with Crippen LogP contribution in [-0.2, 0) is 27.3 Å². The number of carbonyl (C=O) groups is 2. The van der Waals surface area contributed by atoms with Crippen LogP contribution in [0, 0.1) is 6.92 Å². The fraction of sp³-hybridized carbons (Fsp3) is 0.400. The molecule has 2 aromatic heterocycles. The van der Waals surface area contributed by atoms with E-state index in [0.29, 0.717) is 25.3 Å². The van der Waals surface area contributed by atoms with E-state index in [1.54, 1.807) is 43.4 Å². The molecule has 180 valence electrons. The van der Waals surface area contributed by atoms with Crippen molar-refractivity contribution < 1.29 is 23.8 Å². The molecule has 7 nitrogen and oxygen atoms in total. The molecule has 1 aromatic carbocycles. The van der Waals surface area contributed by atoms with Crippen molar-refractivity contribution in [3.8, 4) is 16.3 Å². The van der Waals surface area contributed by atoms with Crippen molar-refractivity contribution >= 4 is 34.7 Å². The minimum atomic E-state index is -0.848. The number of benzene rings is 1. The quantitative estimate of drug-likeness (QED) is 0.414. The van der Waals surface area contributed by atoms with E-state index >= 15 is 0 Å². The lowest BCUT2D eigenvalue weighted by molar-refractivity contribution is -0.147. The molecule has 3 heterocycles. The third kappa shape index (κ3) is 5.42. The van der Waals surface area contributed by atoms with Crippen LogP contribution in [0.2, 0.25) is 0 Å². The van der Waals surface area contributed by atoms with Crippen molar-refractivity contribution in [3.05, 3.63) is 56.7 Å². The number of amides is 1. The van der Waals surface area contributed by atoms with Crippen LogP contribution in [0.15, 0.2) is 35.7 Å². The topological polar surface area (TPSA) is 78.0 Å². The first kappa shape index (κ1) is 24.2. The first-order chi connectivity index (χ1) is 16.1. The molecule has 9 heteroatoms. The summed E-state index contributed by atoms with van der Waals surface area (Å²) in [5.74, 6) is 0.219. The smallest absolute Gasteiger partial charge is 0.411 e. The number of thiophene rings is 1. The Hall–Kier alpha value is -2.91. The molecule has 0 spiro atoms. The van der Waals surface area contributed by atoms with Crippen LogP contribution in [0.1, 0.15) is 47.8 Å². The standard InChI is InChI=1S/C25H28N2O5S2/c1-15-26-20(14-33-15)21-9-7-18(34-21)13-31-17-6-8-19-16(12-17)10-11-27(22(19)23(28)30-5)24(29)32-25(2,3)4/h6-9,12,14,22H,10-11,13H2,1-5H3/t22-/m1/s1. The maximum absolute atomic E-state index is 12.8. The Morgan fingerprint density at radius 1 is 1.21 bits per heavy atom. The van der Waals surface area contributed by atoms with E-state index in [-0.39, 0.29) is 0 Å². The van der Waals surface area contributed by atoms with Gasteiger partial charge in [-0.3, -0.25) is 4.90 Å². The van der Waals surface area contributed by atoms with Crippen molar-refractivity contribution in [2.24, 2.45) is 0 Å². The van der Waals surface area contributed by atoms with E-state index < -0.39 is 23.7 Å². The Kier molecular flexibility index (Phi) is 6.95. The predicted molar refractivity (Wildman–Crippen MR) is 132 cm³/mol. The number of methoxy groups -OCH3 is 1. The number of aromatic nitrogens is 1. The van der Waals surface area contributed by atoms with Gasteiger partial charge < -0.3 is 14.2 Å². The second-order valence-electron chi connectivity index (χ2n) is 9.02. The first-order valence-corrected chi connectivity index (χ1v) is 12.7. The molecule has 1 atom stereocenters. The highest BCUT2D eigenvalue weighted by Gasteiger charge is 2.39. The average Bonchev–Trinajstić information content (AvgIpc) is 3.43. The van der Waals surface area contributed by atoms with Gasteiger partial charge in [0.1, 0.15) is 18.0 Å². The number of fused-ring (bicyclic) bond motifs is 1. The van der Waals surface area contributed by atoms with Crippen molar-refractivity contribution in [2.75, 3.05) is 13.7 Å². The molecule has 0 N–H and O–H groups in total. The molecule has 1 aliphatic heterocycles. The van der Waals surface area contributed by atoms with Gasteiger partial charge in [-0.05, 0) is 69.5 Å². The number of rotatable bonds is 5. The van der Waals surface area contributed by atoms with Gasteiger partial charge in [-0.15, -0.1) is 22.7 Å². The predicted octanol–water partition coefficient (Wildman–Crippen LogP) is 5.77. The molecule has 4 rings (SSSR count). The molecule has 1 amide bonds. The molecular weight excluding hydrogens is 472 g/mol. The summed E-state index contributed by atoms with van der Waals surface area (Å²) in [5.41, 5.74) is 2.03. The summed E-state index contributed by atoms with van der Waals surface area (Å²) in [6.45, 7) is 8.19. The Morgan fingerprint density at radius 2 is 2.00 bits per heavy atom. The van der Waals surface area contributed by atoms with Gasteiger partial charge >= 0.3 is 12.1 Å². The van der Waals surface area contributed by atoms with Gasteiger partial charge in [-0.2, -0.15) is 0 Å². The number of thiazole rings is 1. The first-order valence-electron chi connectivity index (χ1n) is 11.0. The van der Waals surface area contributed by atoms with E-state index in [9.17, 15) is 9.59 Å². The molecule has 3 aromatic rings. The summed E-state index contributed by atoms with van der Waals surface area (Å²) in [6, 6.07) is 8.87. The minimum Gasteiger partial charge on any atom is -0.488 e. The van der Waals surface area contributed by atoms with E-state index in [1.807, 2.05) is 25.1 Å². The van der Waals surface area contributed by atoms with Crippen molar-refractivity contribution in [3.63, 3.8) is 0 Å². The van der Waals surface area contributed by atoms with Crippen LogP contribution < -0.4 is 4.74 Å². The Morgan fingerprint density at radius 3 is 2.68 bits per heavy atom. The second kappa shape index (κ2) is 9.76. The minimum absolute atomic E-state index is 0.354. The molecular formula is C25H28N2O5S2. The maximum Gasteiger partial charge on any atom is 0.411 e. The third-order valence-electron chi connectivity index (χ3n) is 5.31. The number of esters is 1. The van der Waals surface area contributed by atoms with Gasteiger partial charge in [0, 0.05) is 16.8 Å². The Balaban J connectivity index is 1.49. The van der Waals surface area contributed by atoms with Crippen LogP contribution in [0.25, 0.3) is 10.6 Å². The van der Waals surface area contributed by atoms with Gasteiger partial charge in [0.15, 0.2) is 6.04 Å². The lowest BCUT2D eigenvalue weighted by Crippen LogP contribution is -2.46. The van der Waals surface area contributed by atoms with Crippen molar-refractivity contribution in [1.82, 2.24) is 9.88 Å². The lowest BCUT2D eigenvalue weighted by atomic mass is 9.92. The summed E-state index contributed by atoms with van der Waals surface area (Å²) in [4.78, 5) is 33.6. The van der Waals surface area contributed by atoms with Crippen LogP contribution in [0.5, 0.6) is 5.75 Å². The highest BCUT2D eigenvalue weighted by Crippen LogP contribution is 2.35. The normalized spacial score (nSPS) is 15.6. The fourth-order valence-electron chi connectivity index (χ4n) is 3.80. The summed E-state index contributed by atoms with van der Waals surface area (Å²) in [5, 5.41) is 3.11. The molecule has 0 bridgehead atoms. The second-order valence-corrected chi connectivity index (χ2v) is 11.2. The molecule has 0 aliphatic carbocycles. The summed E-state index contributed by atoms with van der Waals surface area (Å²) >= 11 is 3.30. The van der Waals surface area contributed by atoms with Crippen LogP contribution in [0.4, 0.5) is 4.79 Å². The number of aryl methyl sites for hydroxylation is 1. The molecule has 1 aliphatic rings. The molecule has 0 radical (unpaired) electrons. The van der Waals surface area contributed by atoms with Crippen LogP contribution in [0.3, 0.4) is 0 Å². The zero-order valence-electron chi connectivity index (χ0n) is 19.9. The van der Waals surface area contributed by atoms with E-state index in [1.165, 1.54) is 12.0 Å². The maximum atomic E-state index is 12.8. The van der Waals surface area contributed by atoms with Crippen LogP contribution >= 0.6 is 22.7 Å². The number of ether oxygens (including phenoxy) is 3. The monoisotopic (exact) mass is 500 g/mol. The Bertz CT molecular complexity index is 1190. The fourth-order valence-corrected chi connectivity index (χ4v) is 5.37. The van der Waals surface area contributed by atoms with E-state index in [2.05, 4.69) is 22.5 Å². The summed E-state index contributed by atoms with van der Waals surface area (Å²) < 4.78 is 16.6. The summed E-state index contributed by atoms with van der Waals surface area (Å²) in [6.07, 6.45) is 0.0590. The van der Waals surface area contributed by atoms with E-state index in [4.69, 9.17) is 14.2 Å². The van der Waals surface area contributed by atoms with Gasteiger partial charge in [0.05, 0.1) is 22.7 Å². The van der Waals surface area contributed by atoms with E-state index in [0.717, 1.165) is 31.6 Å². The van der Waals surface area contributed by atoms with Gasteiger partial charge in [-0.1, -0.05) is 6.07 Å². The SMILES string of the molecule is COC(=O)[C@H]1c2ccc(OCc3ccc(-c4csc(C)n4)s3)cc2CCN1C(=O)OC(C)(C)C. The number of hydrogen-bond acceptors (Lipinski definition) is 8. The van der Waals surface area contributed by atoms with Gasteiger partial charge in [0.2, 0.25) is 0 Å². The number of nitrogens with zero attached hydrogens (tertiary/aromatic N) is 2. The zero-order valence-corrected chi connectivity index (χ0v) is 21.5. The highest BCUT2D eigenvalue weighted by atomic mass is 32.1. The average molecular weight is 501 g/mol. The molecule has 34 heavy (non-hydrogen) atoms. The van der Waals surface area contributed by atoms with Gasteiger partial charge in [-0.25, -0.2) is 14.6 Å². The third-order valence-corrected chi connectivity index (χ3v) is 7.16. The molecule has 0 unspecified atom stereocenters. The van der Waals surface area contributed by atoms with Crippen LogP contribution in [-0.4, -0.2) is 41.2 Å². The summed E-state index contributed by atoms with van der Waals surface area (Å²) in [7, 11) is 1.32. The lowest BCUT2D eigenvalue weighted by Gasteiger charge is -2.36. The molecule has 0 fully saturated rings. The number of hydrogen-bond donors (Lipinski definition) is 0. The van der Waals surface area contributed by atoms with Gasteiger partial charge in [0.25, 0.3) is 0 Å². The van der Waals surface area contributed by atoms with Crippen molar-refractivity contribution in [2.45, 2.75) is 52.4 Å². The molecule has 0 saturated carbocycles. The Labute approximate surface area is 207 Å². The molecule has 0 saturated heterocycles. The number of carbonyl (C=O) groups excluding carboxylic acids is 2. The largest absolute Gasteiger partial charge is 0.488 e. The highest BCUT2D eigenvalue weighted by molar-refractivity contribution is 7.16. The van der Waals surface area contributed by atoms with Crippen molar-refractivity contribution in [1.29, 1.82) is 0 Å².